The Kier molecular flexibility index (Phi) is 6.24. The minimum atomic E-state index is -0.325. The molecule has 0 bridgehead atoms. The molecule has 1 aromatic carbocycles. The van der Waals surface area contributed by atoms with Crippen LogP contribution < -0.4 is 17.0 Å². The number of likely N-dealkylation sites (N-methyl/N-ethyl adjacent to an activating group) is 1. The van der Waals surface area contributed by atoms with Crippen LogP contribution in [0, 0.1) is 0 Å². The molecular formula is C15H19BrClNO2. The zero-order chi connectivity index (χ0) is 13.9. The molecule has 0 saturated heterocycles. The molecule has 2 unspecified atom stereocenters. The fraction of sp³-hybridized carbons (Fsp3) is 0.400. The summed E-state index contributed by atoms with van der Waals surface area (Å²) in [7, 11) is 3.53. The number of carbonyl (C=O) groups is 1. The van der Waals surface area contributed by atoms with Gasteiger partial charge in [-0.2, -0.15) is 0 Å². The van der Waals surface area contributed by atoms with Crippen molar-refractivity contribution < 1.29 is 31.0 Å². The van der Waals surface area contributed by atoms with Crippen molar-refractivity contribution in [3.63, 3.8) is 0 Å². The molecule has 0 aliphatic carbocycles. The first-order valence-electron chi connectivity index (χ1n) is 6.39. The molecule has 0 fully saturated rings. The van der Waals surface area contributed by atoms with Gasteiger partial charge in [-0.15, -0.1) is 0 Å². The maximum atomic E-state index is 12.2. The van der Waals surface area contributed by atoms with Crippen LogP contribution in [0.3, 0.4) is 0 Å². The van der Waals surface area contributed by atoms with Gasteiger partial charge in [-0.05, 0) is 18.2 Å². The first-order chi connectivity index (χ1) is 9.07. The van der Waals surface area contributed by atoms with Crippen molar-refractivity contribution in [2.24, 2.45) is 0 Å². The summed E-state index contributed by atoms with van der Waals surface area (Å²) in [6, 6.07) is 7.16. The molecule has 0 N–H and O–H groups in total. The second-order valence-electron chi connectivity index (χ2n) is 5.13. The Balaban J connectivity index is 0.00000200. The van der Waals surface area contributed by atoms with Crippen molar-refractivity contribution >= 4 is 17.6 Å². The Morgan fingerprint density at radius 1 is 1.40 bits per heavy atom. The Bertz CT molecular complexity index is 506. The van der Waals surface area contributed by atoms with Crippen molar-refractivity contribution in [3.05, 3.63) is 47.0 Å². The summed E-state index contributed by atoms with van der Waals surface area (Å²) in [4.78, 5) is 12.2. The van der Waals surface area contributed by atoms with E-state index in [0.29, 0.717) is 9.51 Å². The van der Waals surface area contributed by atoms with E-state index in [1.807, 2.05) is 24.3 Å². The third-order valence-corrected chi connectivity index (χ3v) is 3.94. The van der Waals surface area contributed by atoms with Gasteiger partial charge < -0.3 is 26.2 Å². The number of carbonyl (C=O) groups excluding carboxylic acids is 1. The number of rotatable bonds is 3. The highest BCUT2D eigenvalue weighted by atomic mass is 79.9. The van der Waals surface area contributed by atoms with Crippen molar-refractivity contribution in [2.45, 2.75) is 12.5 Å². The van der Waals surface area contributed by atoms with Gasteiger partial charge in [-0.25, -0.2) is 4.79 Å². The molecule has 0 spiro atoms. The van der Waals surface area contributed by atoms with Gasteiger partial charge in [0, 0.05) is 17.0 Å². The molecule has 2 rings (SSSR count). The largest absolute Gasteiger partial charge is 1.00 e. The number of hydrogen-bond donors (Lipinski definition) is 0. The SMILES string of the molecule is COC(=O)C(c1cccc(Cl)c1)[N+]1(C)CC=CCC1.[Br-]. The predicted octanol–water partition coefficient (Wildman–Crippen LogP) is -0.0354. The monoisotopic (exact) mass is 359 g/mol. The molecule has 1 aliphatic rings. The zero-order valence-corrected chi connectivity index (χ0v) is 14.0. The van der Waals surface area contributed by atoms with Crippen LogP contribution in [0.4, 0.5) is 0 Å². The van der Waals surface area contributed by atoms with Gasteiger partial charge in [-0.3, -0.25) is 0 Å². The van der Waals surface area contributed by atoms with Crippen LogP contribution in [-0.4, -0.2) is 37.7 Å². The predicted molar refractivity (Wildman–Crippen MR) is 75.9 cm³/mol. The van der Waals surface area contributed by atoms with Gasteiger partial charge in [0.1, 0.15) is 0 Å². The second kappa shape index (κ2) is 7.25. The molecule has 3 nitrogen and oxygen atoms in total. The van der Waals surface area contributed by atoms with Crippen molar-refractivity contribution in [1.29, 1.82) is 0 Å². The normalized spacial score (nSPS) is 22.8. The van der Waals surface area contributed by atoms with Gasteiger partial charge in [0.25, 0.3) is 0 Å². The summed E-state index contributed by atoms with van der Waals surface area (Å²) in [5.74, 6) is -0.208. The van der Waals surface area contributed by atoms with E-state index in [4.69, 9.17) is 16.3 Å². The molecule has 1 heterocycles. The molecule has 2 atom stereocenters. The molecule has 110 valence electrons. The minimum Gasteiger partial charge on any atom is -1.00 e. The number of quaternary nitrogens is 1. The lowest BCUT2D eigenvalue weighted by atomic mass is 10.0. The molecule has 0 amide bonds. The van der Waals surface area contributed by atoms with Gasteiger partial charge in [0.05, 0.1) is 27.2 Å². The van der Waals surface area contributed by atoms with Crippen molar-refractivity contribution in [3.8, 4) is 0 Å². The summed E-state index contributed by atoms with van der Waals surface area (Å²) in [5, 5.41) is 0.644. The Hall–Kier alpha value is -0.840. The lowest BCUT2D eigenvalue weighted by molar-refractivity contribution is -0.926. The standard InChI is InChI=1S/C15H19ClNO2.BrH/c1-17(9-4-3-5-10-17)14(15(18)19-2)12-7-6-8-13(16)11-12;/h3-4,6-8,11,14H,5,9-10H2,1-2H3;1H/q+1;/p-1. The third-order valence-electron chi connectivity index (χ3n) is 3.71. The van der Waals surface area contributed by atoms with E-state index in [2.05, 4.69) is 19.2 Å². The van der Waals surface area contributed by atoms with Gasteiger partial charge in [0.2, 0.25) is 6.04 Å². The molecule has 20 heavy (non-hydrogen) atoms. The van der Waals surface area contributed by atoms with Crippen LogP contribution >= 0.6 is 11.6 Å². The van der Waals surface area contributed by atoms with Crippen LogP contribution in [0.1, 0.15) is 18.0 Å². The van der Waals surface area contributed by atoms with Crippen LogP contribution in [0.2, 0.25) is 5.02 Å². The lowest BCUT2D eigenvalue weighted by Gasteiger charge is -2.40. The van der Waals surface area contributed by atoms with Gasteiger partial charge in [-0.1, -0.05) is 29.8 Å². The number of benzene rings is 1. The lowest BCUT2D eigenvalue weighted by Crippen LogP contribution is -3.00. The topological polar surface area (TPSA) is 26.3 Å². The summed E-state index contributed by atoms with van der Waals surface area (Å²) < 4.78 is 5.63. The highest BCUT2D eigenvalue weighted by Gasteiger charge is 2.40. The second-order valence-corrected chi connectivity index (χ2v) is 5.56. The van der Waals surface area contributed by atoms with E-state index >= 15 is 0 Å². The zero-order valence-electron chi connectivity index (χ0n) is 11.7. The fourth-order valence-corrected chi connectivity index (χ4v) is 2.87. The molecule has 1 aliphatic heterocycles. The van der Waals surface area contributed by atoms with E-state index in [-0.39, 0.29) is 29.0 Å². The number of methoxy groups -OCH3 is 1. The summed E-state index contributed by atoms with van der Waals surface area (Å²) in [5.41, 5.74) is 0.914. The maximum absolute atomic E-state index is 12.2. The number of nitrogens with zero attached hydrogens (tertiary/aromatic N) is 1. The highest BCUT2D eigenvalue weighted by molar-refractivity contribution is 6.30. The average molecular weight is 361 g/mol. The van der Waals surface area contributed by atoms with E-state index in [1.54, 1.807) is 0 Å². The van der Waals surface area contributed by atoms with E-state index < -0.39 is 0 Å². The highest BCUT2D eigenvalue weighted by Crippen LogP contribution is 2.31. The molecule has 1 aromatic rings. The van der Waals surface area contributed by atoms with Crippen LogP contribution in [0.15, 0.2) is 36.4 Å². The molecule has 0 saturated carbocycles. The van der Waals surface area contributed by atoms with Gasteiger partial charge in [0.15, 0.2) is 0 Å². The number of esters is 1. The quantitative estimate of drug-likeness (QED) is 0.430. The van der Waals surface area contributed by atoms with E-state index in [1.165, 1.54) is 7.11 Å². The summed E-state index contributed by atoms with van der Waals surface area (Å²) in [6.07, 6.45) is 5.26. The Labute approximate surface area is 135 Å². The van der Waals surface area contributed by atoms with Crippen molar-refractivity contribution in [2.75, 3.05) is 27.2 Å². The fourth-order valence-electron chi connectivity index (χ4n) is 2.67. The maximum Gasteiger partial charge on any atom is 0.369 e. The summed E-state index contributed by atoms with van der Waals surface area (Å²) in [6.45, 7) is 1.75. The van der Waals surface area contributed by atoms with Crippen LogP contribution in [-0.2, 0) is 9.53 Å². The van der Waals surface area contributed by atoms with E-state index in [0.717, 1.165) is 25.1 Å². The number of hydrogen-bond acceptors (Lipinski definition) is 2. The third kappa shape index (κ3) is 3.62. The minimum absolute atomic E-state index is 0. The first-order valence-corrected chi connectivity index (χ1v) is 6.77. The number of halogens is 2. The van der Waals surface area contributed by atoms with Crippen molar-refractivity contribution in [1.82, 2.24) is 0 Å². The number of ether oxygens (including phenoxy) is 1. The molecular weight excluding hydrogens is 342 g/mol. The molecule has 5 heteroatoms. The Morgan fingerprint density at radius 2 is 2.15 bits per heavy atom. The molecule has 0 aromatic heterocycles. The Morgan fingerprint density at radius 3 is 2.70 bits per heavy atom. The van der Waals surface area contributed by atoms with Gasteiger partial charge >= 0.3 is 5.97 Å². The van der Waals surface area contributed by atoms with E-state index in [9.17, 15) is 4.79 Å². The molecule has 0 radical (unpaired) electrons. The summed E-state index contributed by atoms with van der Waals surface area (Å²) >= 11 is 6.05. The van der Waals surface area contributed by atoms with Crippen LogP contribution in [0.5, 0.6) is 0 Å². The van der Waals surface area contributed by atoms with Crippen LogP contribution in [0.25, 0.3) is 0 Å². The average Bonchev–Trinajstić information content (AvgIpc) is 2.39. The first kappa shape index (κ1) is 17.2. The smallest absolute Gasteiger partial charge is 0.369 e.